The van der Waals surface area contributed by atoms with Crippen molar-refractivity contribution >= 4 is 5.84 Å². The van der Waals surface area contributed by atoms with Crippen molar-refractivity contribution in [3.63, 3.8) is 0 Å². The summed E-state index contributed by atoms with van der Waals surface area (Å²) < 4.78 is 5.56. The summed E-state index contributed by atoms with van der Waals surface area (Å²) in [7, 11) is 0. The van der Waals surface area contributed by atoms with Crippen LogP contribution in [0.3, 0.4) is 0 Å². The Hall–Kier alpha value is -2.43. The minimum atomic E-state index is -0.0124. The lowest BCUT2D eigenvalue weighted by Gasteiger charge is -2.06. The van der Waals surface area contributed by atoms with Crippen LogP contribution in [0.5, 0.6) is 11.6 Å². The van der Waals surface area contributed by atoms with E-state index in [1.54, 1.807) is 24.4 Å². The fraction of sp³-hybridized carbons (Fsp3) is 0.0833. The van der Waals surface area contributed by atoms with Gasteiger partial charge in [-0.25, -0.2) is 4.98 Å². The molecule has 3 N–H and O–H groups in total. The van der Waals surface area contributed by atoms with E-state index in [0.29, 0.717) is 17.2 Å². The van der Waals surface area contributed by atoms with Crippen molar-refractivity contribution < 1.29 is 4.74 Å². The molecule has 0 bridgehead atoms. The van der Waals surface area contributed by atoms with E-state index in [9.17, 15) is 0 Å². The predicted octanol–water partition coefficient (Wildman–Crippen LogP) is 1.86. The van der Waals surface area contributed by atoms with Crippen LogP contribution in [0, 0.1) is 12.3 Å². The Bertz CT molecular complexity index is 536. The standard InChI is InChI=1S/C12H12N4O/c1-8-10(3-2-6-15-8)17-11-5-4-9(7-16-11)12(13)14/h2-7H,1H3,(H3,13,14). The number of hydrogen-bond donors (Lipinski definition) is 2. The Balaban J connectivity index is 2.20. The Morgan fingerprint density at radius 1 is 1.29 bits per heavy atom. The van der Waals surface area contributed by atoms with Gasteiger partial charge in [-0.05, 0) is 25.1 Å². The van der Waals surface area contributed by atoms with E-state index in [-0.39, 0.29) is 5.84 Å². The highest BCUT2D eigenvalue weighted by Crippen LogP contribution is 2.21. The first-order chi connectivity index (χ1) is 8.16. The average Bonchev–Trinajstić information content (AvgIpc) is 2.33. The third kappa shape index (κ3) is 2.57. The lowest BCUT2D eigenvalue weighted by atomic mass is 10.3. The smallest absolute Gasteiger partial charge is 0.219 e. The van der Waals surface area contributed by atoms with Gasteiger partial charge in [0.05, 0.1) is 5.69 Å². The Morgan fingerprint density at radius 2 is 2.12 bits per heavy atom. The van der Waals surface area contributed by atoms with Crippen molar-refractivity contribution in [2.24, 2.45) is 5.73 Å². The first-order valence-electron chi connectivity index (χ1n) is 5.07. The van der Waals surface area contributed by atoms with Gasteiger partial charge in [-0.2, -0.15) is 0 Å². The number of rotatable bonds is 3. The van der Waals surface area contributed by atoms with Crippen LogP contribution < -0.4 is 10.5 Å². The van der Waals surface area contributed by atoms with Crippen LogP contribution in [-0.4, -0.2) is 15.8 Å². The zero-order valence-corrected chi connectivity index (χ0v) is 9.34. The molecule has 0 aromatic carbocycles. The van der Waals surface area contributed by atoms with E-state index in [4.69, 9.17) is 15.9 Å². The van der Waals surface area contributed by atoms with Gasteiger partial charge in [0, 0.05) is 24.0 Å². The molecule has 5 nitrogen and oxygen atoms in total. The number of nitrogens with zero attached hydrogens (tertiary/aromatic N) is 2. The number of pyridine rings is 2. The summed E-state index contributed by atoms with van der Waals surface area (Å²) >= 11 is 0. The number of nitrogens with one attached hydrogen (secondary N) is 1. The summed E-state index contributed by atoms with van der Waals surface area (Å²) in [6.07, 6.45) is 3.21. The van der Waals surface area contributed by atoms with Crippen molar-refractivity contribution in [1.29, 1.82) is 5.41 Å². The second-order valence-electron chi connectivity index (χ2n) is 3.49. The van der Waals surface area contributed by atoms with Crippen molar-refractivity contribution in [2.45, 2.75) is 6.92 Å². The molecule has 5 heteroatoms. The molecule has 0 saturated heterocycles. The zero-order chi connectivity index (χ0) is 12.3. The van der Waals surface area contributed by atoms with E-state index < -0.39 is 0 Å². The van der Waals surface area contributed by atoms with Gasteiger partial charge in [-0.3, -0.25) is 10.4 Å². The average molecular weight is 228 g/mol. The summed E-state index contributed by atoms with van der Waals surface area (Å²) in [6.45, 7) is 1.86. The summed E-state index contributed by atoms with van der Waals surface area (Å²) in [6, 6.07) is 6.98. The number of nitrogen functional groups attached to an aromatic ring is 1. The van der Waals surface area contributed by atoms with E-state index in [2.05, 4.69) is 9.97 Å². The number of hydrogen-bond acceptors (Lipinski definition) is 4. The van der Waals surface area contributed by atoms with Gasteiger partial charge >= 0.3 is 0 Å². The minimum Gasteiger partial charge on any atom is -0.437 e. The highest BCUT2D eigenvalue weighted by Gasteiger charge is 2.03. The molecule has 0 fully saturated rings. The number of amidine groups is 1. The third-order valence-electron chi connectivity index (χ3n) is 2.22. The zero-order valence-electron chi connectivity index (χ0n) is 9.34. The van der Waals surface area contributed by atoms with Crippen LogP contribution in [0.1, 0.15) is 11.3 Å². The number of aryl methyl sites for hydroxylation is 1. The molecule has 0 amide bonds. The molecular formula is C12H12N4O. The van der Waals surface area contributed by atoms with E-state index in [0.717, 1.165) is 5.69 Å². The second-order valence-corrected chi connectivity index (χ2v) is 3.49. The fourth-order valence-corrected chi connectivity index (χ4v) is 1.29. The minimum absolute atomic E-state index is 0.0124. The summed E-state index contributed by atoms with van der Waals surface area (Å²) in [5, 5.41) is 7.25. The summed E-state index contributed by atoms with van der Waals surface area (Å²) in [4.78, 5) is 8.18. The molecule has 0 aliphatic rings. The van der Waals surface area contributed by atoms with Crippen molar-refractivity contribution in [3.8, 4) is 11.6 Å². The van der Waals surface area contributed by atoms with Crippen LogP contribution in [0.4, 0.5) is 0 Å². The van der Waals surface area contributed by atoms with Crippen LogP contribution in [0.2, 0.25) is 0 Å². The molecule has 0 unspecified atom stereocenters. The van der Waals surface area contributed by atoms with Crippen LogP contribution >= 0.6 is 0 Å². The van der Waals surface area contributed by atoms with Crippen LogP contribution in [-0.2, 0) is 0 Å². The van der Waals surface area contributed by atoms with Crippen LogP contribution in [0.25, 0.3) is 0 Å². The van der Waals surface area contributed by atoms with E-state index in [1.807, 2.05) is 13.0 Å². The lowest BCUT2D eigenvalue weighted by molar-refractivity contribution is 0.456. The molecule has 17 heavy (non-hydrogen) atoms. The Labute approximate surface area is 98.8 Å². The lowest BCUT2D eigenvalue weighted by Crippen LogP contribution is -2.11. The molecule has 0 aliphatic carbocycles. The first-order valence-corrected chi connectivity index (χ1v) is 5.07. The molecule has 0 saturated carbocycles. The molecule has 0 spiro atoms. The van der Waals surface area contributed by atoms with Gasteiger partial charge in [0.2, 0.25) is 5.88 Å². The molecule has 2 rings (SSSR count). The van der Waals surface area contributed by atoms with Gasteiger partial charge < -0.3 is 10.5 Å². The molecule has 0 atom stereocenters. The topological polar surface area (TPSA) is 84.9 Å². The van der Waals surface area contributed by atoms with Gasteiger partial charge in [-0.15, -0.1) is 0 Å². The summed E-state index contributed by atoms with van der Waals surface area (Å²) in [5.74, 6) is 1.10. The van der Waals surface area contributed by atoms with Gasteiger partial charge in [0.15, 0.2) is 5.75 Å². The molecule has 0 aliphatic heterocycles. The normalized spacial score (nSPS) is 9.94. The maximum atomic E-state index is 7.25. The Kier molecular flexibility index (Phi) is 3.00. The number of ether oxygens (including phenoxy) is 1. The maximum Gasteiger partial charge on any atom is 0.219 e. The van der Waals surface area contributed by atoms with Crippen molar-refractivity contribution in [2.75, 3.05) is 0 Å². The molecule has 2 heterocycles. The highest BCUT2D eigenvalue weighted by atomic mass is 16.5. The van der Waals surface area contributed by atoms with Crippen molar-refractivity contribution in [1.82, 2.24) is 9.97 Å². The largest absolute Gasteiger partial charge is 0.437 e. The van der Waals surface area contributed by atoms with Crippen LogP contribution in [0.15, 0.2) is 36.7 Å². The quantitative estimate of drug-likeness (QED) is 0.620. The highest BCUT2D eigenvalue weighted by molar-refractivity contribution is 5.94. The monoisotopic (exact) mass is 228 g/mol. The molecule has 86 valence electrons. The first kappa shape index (κ1) is 11.1. The Morgan fingerprint density at radius 3 is 2.71 bits per heavy atom. The fourth-order valence-electron chi connectivity index (χ4n) is 1.29. The van der Waals surface area contributed by atoms with E-state index in [1.165, 1.54) is 6.20 Å². The van der Waals surface area contributed by atoms with Crippen molar-refractivity contribution in [3.05, 3.63) is 47.9 Å². The summed E-state index contributed by atoms with van der Waals surface area (Å²) in [5.41, 5.74) is 6.70. The number of nitrogens with two attached hydrogens (primary N) is 1. The number of aromatic nitrogens is 2. The molecule has 0 radical (unpaired) electrons. The molecular weight excluding hydrogens is 216 g/mol. The predicted molar refractivity (Wildman–Crippen MR) is 64.3 cm³/mol. The second kappa shape index (κ2) is 4.61. The van der Waals surface area contributed by atoms with Gasteiger partial charge in [0.25, 0.3) is 0 Å². The third-order valence-corrected chi connectivity index (χ3v) is 2.22. The van der Waals surface area contributed by atoms with E-state index >= 15 is 0 Å². The van der Waals surface area contributed by atoms with Gasteiger partial charge in [0.1, 0.15) is 5.84 Å². The maximum absolute atomic E-state index is 7.25. The van der Waals surface area contributed by atoms with Gasteiger partial charge in [-0.1, -0.05) is 0 Å². The molecule has 2 aromatic rings. The molecule has 2 aromatic heterocycles. The SMILES string of the molecule is Cc1ncccc1Oc1ccc(C(=N)N)cn1.